The number of carbonyl (C=O) groups excluding carboxylic acids is 1. The Morgan fingerprint density at radius 3 is 3.00 bits per heavy atom. The molecule has 1 aromatic carbocycles. The van der Waals surface area contributed by atoms with Crippen LogP contribution in [0.5, 0.6) is 11.5 Å². The lowest BCUT2D eigenvalue weighted by atomic mass is 10.2. The number of aromatic carboxylic acids is 1. The van der Waals surface area contributed by atoms with Gasteiger partial charge in [0.25, 0.3) is 0 Å². The van der Waals surface area contributed by atoms with Crippen molar-refractivity contribution < 1.29 is 19.4 Å². The van der Waals surface area contributed by atoms with E-state index in [0.717, 1.165) is 0 Å². The molecule has 0 unspecified atom stereocenters. The van der Waals surface area contributed by atoms with Crippen LogP contribution in [0.2, 0.25) is 0 Å². The van der Waals surface area contributed by atoms with Crippen molar-refractivity contribution in [3.05, 3.63) is 42.1 Å². The maximum Gasteiger partial charge on any atom is 0.335 e. The number of ether oxygens (including phenoxy) is 1. The van der Waals surface area contributed by atoms with Crippen LogP contribution >= 0.6 is 0 Å². The number of anilines is 2. The number of carbonyl (C=O) groups is 2. The van der Waals surface area contributed by atoms with Crippen molar-refractivity contribution in [3.8, 4) is 11.5 Å². The molecule has 2 heterocycles. The van der Waals surface area contributed by atoms with Crippen molar-refractivity contribution in [1.82, 2.24) is 4.98 Å². The predicted molar refractivity (Wildman–Crippen MR) is 74.8 cm³/mol. The Hall–Kier alpha value is -3.09. The van der Waals surface area contributed by atoms with Gasteiger partial charge < -0.3 is 20.5 Å². The van der Waals surface area contributed by atoms with E-state index in [9.17, 15) is 9.59 Å². The standard InChI is InChI=1S/C14H11N3O4/c18-11-7-16-13-12(17-11)10(4-5-15-13)21-9-3-1-2-8(6-9)14(19)20/h1-6H,7H2,(H,15,16)(H,17,18)(H,19,20). The van der Waals surface area contributed by atoms with Crippen LogP contribution in [0.25, 0.3) is 0 Å². The summed E-state index contributed by atoms with van der Waals surface area (Å²) in [4.78, 5) is 26.5. The minimum atomic E-state index is -1.04. The number of hydrogen-bond donors (Lipinski definition) is 3. The topological polar surface area (TPSA) is 101 Å². The van der Waals surface area contributed by atoms with E-state index in [-0.39, 0.29) is 18.0 Å². The molecule has 0 spiro atoms. The van der Waals surface area contributed by atoms with Crippen LogP contribution in [0.3, 0.4) is 0 Å². The second-order valence-electron chi connectivity index (χ2n) is 4.37. The van der Waals surface area contributed by atoms with Gasteiger partial charge in [-0.15, -0.1) is 0 Å². The lowest BCUT2D eigenvalue weighted by molar-refractivity contribution is -0.114. The van der Waals surface area contributed by atoms with Crippen LogP contribution in [0, 0.1) is 0 Å². The normalized spacial score (nSPS) is 12.9. The number of benzene rings is 1. The Labute approximate surface area is 119 Å². The van der Waals surface area contributed by atoms with Gasteiger partial charge >= 0.3 is 5.97 Å². The molecule has 0 aliphatic carbocycles. The molecule has 0 bridgehead atoms. The average molecular weight is 285 g/mol. The van der Waals surface area contributed by atoms with E-state index in [0.29, 0.717) is 23.0 Å². The molecule has 0 atom stereocenters. The number of amides is 1. The zero-order valence-corrected chi connectivity index (χ0v) is 10.8. The molecular weight excluding hydrogens is 274 g/mol. The van der Waals surface area contributed by atoms with E-state index in [2.05, 4.69) is 15.6 Å². The molecule has 3 rings (SSSR count). The van der Waals surface area contributed by atoms with Crippen molar-refractivity contribution in [1.29, 1.82) is 0 Å². The Morgan fingerprint density at radius 2 is 2.19 bits per heavy atom. The molecule has 0 saturated carbocycles. The largest absolute Gasteiger partial charge is 0.478 e. The van der Waals surface area contributed by atoms with Crippen LogP contribution < -0.4 is 15.4 Å². The van der Waals surface area contributed by atoms with Crippen molar-refractivity contribution >= 4 is 23.4 Å². The second kappa shape index (κ2) is 5.12. The maximum absolute atomic E-state index is 11.4. The first kappa shape index (κ1) is 12.9. The van der Waals surface area contributed by atoms with Gasteiger partial charge in [-0.25, -0.2) is 9.78 Å². The summed E-state index contributed by atoms with van der Waals surface area (Å²) < 4.78 is 5.66. The fraction of sp³-hybridized carbons (Fsp3) is 0.0714. The summed E-state index contributed by atoms with van der Waals surface area (Å²) >= 11 is 0. The monoisotopic (exact) mass is 285 g/mol. The molecule has 1 aliphatic heterocycles. The smallest absolute Gasteiger partial charge is 0.335 e. The third-order valence-electron chi connectivity index (χ3n) is 2.90. The minimum Gasteiger partial charge on any atom is -0.478 e. The highest BCUT2D eigenvalue weighted by molar-refractivity contribution is 6.01. The van der Waals surface area contributed by atoms with Gasteiger partial charge in [-0.2, -0.15) is 0 Å². The van der Waals surface area contributed by atoms with E-state index >= 15 is 0 Å². The SMILES string of the molecule is O=C1CNc2nccc(Oc3cccc(C(=O)O)c3)c2N1. The molecule has 3 N–H and O–H groups in total. The van der Waals surface area contributed by atoms with Crippen LogP contribution in [0.15, 0.2) is 36.5 Å². The Morgan fingerprint density at radius 1 is 1.33 bits per heavy atom. The van der Waals surface area contributed by atoms with E-state index in [4.69, 9.17) is 9.84 Å². The Balaban J connectivity index is 1.94. The number of nitrogens with one attached hydrogen (secondary N) is 2. The average Bonchev–Trinajstić information content (AvgIpc) is 2.48. The number of pyridine rings is 1. The number of carboxylic acids is 1. The lowest BCUT2D eigenvalue weighted by Gasteiger charge is -2.20. The van der Waals surface area contributed by atoms with Crippen molar-refractivity contribution in [2.45, 2.75) is 0 Å². The van der Waals surface area contributed by atoms with Gasteiger partial charge in [0.2, 0.25) is 5.91 Å². The van der Waals surface area contributed by atoms with Gasteiger partial charge in [-0.1, -0.05) is 6.07 Å². The number of nitrogens with zero attached hydrogens (tertiary/aromatic N) is 1. The fourth-order valence-corrected chi connectivity index (χ4v) is 1.95. The predicted octanol–water partition coefficient (Wildman–Crippen LogP) is 1.94. The van der Waals surface area contributed by atoms with Gasteiger partial charge in [0.15, 0.2) is 11.6 Å². The van der Waals surface area contributed by atoms with Crippen LogP contribution in [-0.2, 0) is 4.79 Å². The summed E-state index contributed by atoms with van der Waals surface area (Å²) in [5, 5.41) is 14.5. The first-order chi connectivity index (χ1) is 10.1. The van der Waals surface area contributed by atoms with E-state index in [1.165, 1.54) is 12.1 Å². The highest BCUT2D eigenvalue weighted by Gasteiger charge is 2.19. The highest BCUT2D eigenvalue weighted by atomic mass is 16.5. The lowest BCUT2D eigenvalue weighted by Crippen LogP contribution is -2.28. The van der Waals surface area contributed by atoms with Crippen LogP contribution in [0.1, 0.15) is 10.4 Å². The molecule has 2 aromatic rings. The summed E-state index contributed by atoms with van der Waals surface area (Å²) in [6, 6.07) is 7.70. The molecule has 7 nitrogen and oxygen atoms in total. The van der Waals surface area contributed by atoms with E-state index in [1.54, 1.807) is 24.4 Å². The Bertz CT molecular complexity index is 730. The zero-order valence-electron chi connectivity index (χ0n) is 10.8. The van der Waals surface area contributed by atoms with Crippen molar-refractivity contribution in [2.24, 2.45) is 0 Å². The summed E-state index contributed by atoms with van der Waals surface area (Å²) in [5.41, 5.74) is 0.562. The summed E-state index contributed by atoms with van der Waals surface area (Å²) in [6.45, 7) is 0.151. The molecule has 0 radical (unpaired) electrons. The van der Waals surface area contributed by atoms with Crippen LogP contribution in [0.4, 0.5) is 11.5 Å². The molecule has 106 valence electrons. The Kier molecular flexibility index (Phi) is 3.15. The molecule has 0 saturated heterocycles. The highest BCUT2D eigenvalue weighted by Crippen LogP contribution is 2.35. The molecular formula is C14H11N3O4. The molecule has 1 amide bonds. The van der Waals surface area contributed by atoms with Gasteiger partial charge in [0.1, 0.15) is 11.4 Å². The second-order valence-corrected chi connectivity index (χ2v) is 4.37. The molecule has 1 aliphatic rings. The molecule has 0 fully saturated rings. The number of rotatable bonds is 3. The number of carboxylic acid groups (broad SMARTS) is 1. The third kappa shape index (κ3) is 2.62. The first-order valence-corrected chi connectivity index (χ1v) is 6.17. The van der Waals surface area contributed by atoms with Gasteiger partial charge in [0.05, 0.1) is 12.1 Å². The summed E-state index contributed by atoms with van der Waals surface area (Å²) in [6.07, 6.45) is 1.54. The number of aromatic nitrogens is 1. The maximum atomic E-state index is 11.4. The molecule has 21 heavy (non-hydrogen) atoms. The quantitative estimate of drug-likeness (QED) is 0.796. The van der Waals surface area contributed by atoms with Gasteiger partial charge in [0, 0.05) is 12.3 Å². The third-order valence-corrected chi connectivity index (χ3v) is 2.90. The van der Waals surface area contributed by atoms with E-state index < -0.39 is 5.97 Å². The van der Waals surface area contributed by atoms with Crippen LogP contribution in [-0.4, -0.2) is 28.5 Å². The zero-order chi connectivity index (χ0) is 14.8. The first-order valence-electron chi connectivity index (χ1n) is 6.17. The van der Waals surface area contributed by atoms with Crippen molar-refractivity contribution in [2.75, 3.05) is 17.2 Å². The van der Waals surface area contributed by atoms with Gasteiger partial charge in [-0.3, -0.25) is 4.79 Å². The minimum absolute atomic E-state index is 0.123. The summed E-state index contributed by atoms with van der Waals surface area (Å²) in [5.74, 6) is 0.0412. The number of fused-ring (bicyclic) bond motifs is 1. The van der Waals surface area contributed by atoms with E-state index in [1.807, 2.05) is 0 Å². The van der Waals surface area contributed by atoms with Crippen molar-refractivity contribution in [3.63, 3.8) is 0 Å². The fourth-order valence-electron chi connectivity index (χ4n) is 1.95. The molecule has 1 aromatic heterocycles. The number of hydrogen-bond acceptors (Lipinski definition) is 5. The van der Waals surface area contributed by atoms with Gasteiger partial charge in [-0.05, 0) is 18.2 Å². The molecule has 7 heteroatoms. The summed E-state index contributed by atoms with van der Waals surface area (Å²) in [7, 11) is 0.